The number of anilines is 1. The number of rotatable bonds is 4. The molecule has 0 bridgehead atoms. The molecule has 0 aliphatic rings. The van der Waals surface area contributed by atoms with Gasteiger partial charge in [0.1, 0.15) is 0 Å². The van der Waals surface area contributed by atoms with Gasteiger partial charge in [-0.3, -0.25) is 10.1 Å². The van der Waals surface area contributed by atoms with Gasteiger partial charge in [0, 0.05) is 5.69 Å². The highest BCUT2D eigenvalue weighted by Crippen LogP contribution is 2.23. The monoisotopic (exact) mass is 329 g/mol. The SMILES string of the molecule is O=[N+]([O-])C(=CNc1ccc2sc(=S)[nH]c2c1)c1ccccc1. The van der Waals surface area contributed by atoms with Crippen molar-refractivity contribution >= 4 is 45.2 Å². The van der Waals surface area contributed by atoms with E-state index in [1.165, 1.54) is 17.5 Å². The maximum absolute atomic E-state index is 11.2. The molecule has 0 aliphatic carbocycles. The molecule has 0 aliphatic heterocycles. The number of nitrogens with zero attached hydrogens (tertiary/aromatic N) is 1. The Morgan fingerprint density at radius 1 is 1.27 bits per heavy atom. The van der Waals surface area contributed by atoms with Crippen LogP contribution in [0.15, 0.2) is 54.7 Å². The fraction of sp³-hybridized carbons (Fsp3) is 0. The molecule has 0 fully saturated rings. The summed E-state index contributed by atoms with van der Waals surface area (Å²) in [6.45, 7) is 0. The summed E-state index contributed by atoms with van der Waals surface area (Å²) in [6, 6.07) is 14.4. The van der Waals surface area contributed by atoms with Gasteiger partial charge in [-0.2, -0.15) is 0 Å². The van der Waals surface area contributed by atoms with Crippen molar-refractivity contribution in [3.63, 3.8) is 0 Å². The number of benzene rings is 2. The minimum atomic E-state index is -0.404. The first-order chi connectivity index (χ1) is 10.6. The second-order valence-electron chi connectivity index (χ2n) is 4.52. The van der Waals surface area contributed by atoms with Crippen molar-refractivity contribution in [2.45, 2.75) is 0 Å². The molecule has 2 aromatic carbocycles. The molecule has 0 unspecified atom stereocenters. The summed E-state index contributed by atoms with van der Waals surface area (Å²) in [4.78, 5) is 13.9. The van der Waals surface area contributed by atoms with Crippen LogP contribution in [-0.4, -0.2) is 9.91 Å². The van der Waals surface area contributed by atoms with Crippen LogP contribution >= 0.6 is 23.6 Å². The Kier molecular flexibility index (Phi) is 3.99. The van der Waals surface area contributed by atoms with Crippen molar-refractivity contribution in [2.75, 3.05) is 5.32 Å². The summed E-state index contributed by atoms with van der Waals surface area (Å²) >= 11 is 6.60. The summed E-state index contributed by atoms with van der Waals surface area (Å²) in [5, 5.41) is 14.2. The van der Waals surface area contributed by atoms with Gasteiger partial charge in [-0.15, -0.1) is 11.3 Å². The zero-order chi connectivity index (χ0) is 15.5. The quantitative estimate of drug-likeness (QED) is 0.415. The minimum Gasteiger partial charge on any atom is -0.356 e. The van der Waals surface area contributed by atoms with E-state index in [2.05, 4.69) is 10.3 Å². The van der Waals surface area contributed by atoms with Gasteiger partial charge in [-0.1, -0.05) is 18.2 Å². The Balaban J connectivity index is 1.92. The number of H-pyrrole nitrogens is 1. The van der Waals surface area contributed by atoms with E-state index in [0.717, 1.165) is 15.9 Å². The third-order valence-corrected chi connectivity index (χ3v) is 4.28. The summed E-state index contributed by atoms with van der Waals surface area (Å²) in [7, 11) is 0. The van der Waals surface area contributed by atoms with Crippen LogP contribution in [0.25, 0.3) is 15.9 Å². The largest absolute Gasteiger partial charge is 0.356 e. The maximum Gasteiger partial charge on any atom is 0.292 e. The lowest BCUT2D eigenvalue weighted by molar-refractivity contribution is -0.375. The highest BCUT2D eigenvalue weighted by Gasteiger charge is 2.13. The molecule has 0 saturated carbocycles. The Morgan fingerprint density at radius 3 is 2.77 bits per heavy atom. The highest BCUT2D eigenvalue weighted by atomic mass is 32.1. The number of nitro groups is 1. The van der Waals surface area contributed by atoms with E-state index < -0.39 is 4.92 Å². The predicted molar refractivity (Wildman–Crippen MR) is 92.0 cm³/mol. The Morgan fingerprint density at radius 2 is 2.05 bits per heavy atom. The molecule has 1 heterocycles. The molecule has 3 aromatic rings. The van der Waals surface area contributed by atoms with E-state index >= 15 is 0 Å². The molecule has 22 heavy (non-hydrogen) atoms. The van der Waals surface area contributed by atoms with Gasteiger partial charge in [0.05, 0.1) is 26.9 Å². The topological polar surface area (TPSA) is 71.0 Å². The van der Waals surface area contributed by atoms with Crippen molar-refractivity contribution in [3.05, 3.63) is 74.4 Å². The summed E-state index contributed by atoms with van der Waals surface area (Å²) in [5.41, 5.74) is 2.23. The Bertz CT molecular complexity index is 913. The molecule has 0 amide bonds. The highest BCUT2D eigenvalue weighted by molar-refractivity contribution is 7.73. The molecule has 110 valence electrons. The van der Waals surface area contributed by atoms with Crippen LogP contribution in [0.5, 0.6) is 0 Å². The molecule has 7 heteroatoms. The lowest BCUT2D eigenvalue weighted by Crippen LogP contribution is -2.01. The number of nitrogens with one attached hydrogen (secondary N) is 2. The van der Waals surface area contributed by atoms with E-state index in [9.17, 15) is 10.1 Å². The van der Waals surface area contributed by atoms with Gasteiger partial charge in [0.15, 0.2) is 3.95 Å². The number of hydrogen-bond donors (Lipinski definition) is 2. The summed E-state index contributed by atoms with van der Waals surface area (Å²) in [6.07, 6.45) is 1.40. The van der Waals surface area contributed by atoms with Gasteiger partial charge in [0.2, 0.25) is 0 Å². The van der Waals surface area contributed by atoms with Gasteiger partial charge in [-0.25, -0.2) is 0 Å². The van der Waals surface area contributed by atoms with Crippen LogP contribution in [0, 0.1) is 14.1 Å². The molecule has 5 nitrogen and oxygen atoms in total. The molecule has 0 radical (unpaired) electrons. The van der Waals surface area contributed by atoms with E-state index in [0.29, 0.717) is 9.52 Å². The standard InChI is InChI=1S/C15H11N3O2S2/c19-18(20)13(10-4-2-1-3-5-10)9-16-11-6-7-14-12(8-11)17-15(21)22-14/h1-9,16H,(H,17,21). The minimum absolute atomic E-state index is 0.0129. The van der Waals surface area contributed by atoms with Crippen molar-refractivity contribution in [1.82, 2.24) is 4.98 Å². The first-order valence-electron chi connectivity index (χ1n) is 6.43. The van der Waals surface area contributed by atoms with Crippen LogP contribution in [-0.2, 0) is 0 Å². The number of aromatic amines is 1. The zero-order valence-corrected chi connectivity index (χ0v) is 12.9. The maximum atomic E-state index is 11.2. The van der Waals surface area contributed by atoms with Crippen LogP contribution in [0.3, 0.4) is 0 Å². The Labute approximate surface area is 135 Å². The van der Waals surface area contributed by atoms with Crippen LogP contribution < -0.4 is 5.32 Å². The molecule has 3 rings (SSSR count). The van der Waals surface area contributed by atoms with E-state index in [1.807, 2.05) is 24.3 Å². The van der Waals surface area contributed by atoms with Gasteiger partial charge in [-0.05, 0) is 42.5 Å². The predicted octanol–water partition coefficient (Wildman–Crippen LogP) is 4.65. The zero-order valence-electron chi connectivity index (χ0n) is 11.3. The molecule has 0 spiro atoms. The van der Waals surface area contributed by atoms with Crippen molar-refractivity contribution in [2.24, 2.45) is 0 Å². The smallest absolute Gasteiger partial charge is 0.292 e. The second kappa shape index (κ2) is 6.08. The van der Waals surface area contributed by atoms with E-state index in [1.54, 1.807) is 24.3 Å². The average molecular weight is 329 g/mol. The molecule has 1 aromatic heterocycles. The van der Waals surface area contributed by atoms with Crippen molar-refractivity contribution in [1.29, 1.82) is 0 Å². The van der Waals surface area contributed by atoms with E-state index in [4.69, 9.17) is 12.2 Å². The van der Waals surface area contributed by atoms with Crippen molar-refractivity contribution < 1.29 is 4.92 Å². The number of hydrogen-bond acceptors (Lipinski definition) is 5. The molecule has 2 N–H and O–H groups in total. The molecule has 0 saturated heterocycles. The average Bonchev–Trinajstić information content (AvgIpc) is 2.87. The normalized spacial score (nSPS) is 11.5. The fourth-order valence-corrected chi connectivity index (χ4v) is 3.14. The number of aromatic nitrogens is 1. The van der Waals surface area contributed by atoms with Crippen molar-refractivity contribution in [3.8, 4) is 0 Å². The van der Waals surface area contributed by atoms with E-state index in [-0.39, 0.29) is 5.70 Å². The molecular weight excluding hydrogens is 318 g/mol. The number of thiazole rings is 1. The summed E-state index contributed by atoms with van der Waals surface area (Å²) < 4.78 is 1.76. The Hall–Kier alpha value is -2.51. The number of fused-ring (bicyclic) bond motifs is 1. The van der Waals surface area contributed by atoms with Gasteiger partial charge in [0.25, 0.3) is 5.70 Å². The van der Waals surface area contributed by atoms with Crippen LogP contribution in [0.4, 0.5) is 5.69 Å². The van der Waals surface area contributed by atoms with Gasteiger partial charge >= 0.3 is 0 Å². The third kappa shape index (κ3) is 3.05. The fourth-order valence-electron chi connectivity index (χ4n) is 2.04. The van der Waals surface area contributed by atoms with Crippen LogP contribution in [0.2, 0.25) is 0 Å². The van der Waals surface area contributed by atoms with Gasteiger partial charge < -0.3 is 10.3 Å². The second-order valence-corrected chi connectivity index (χ2v) is 6.24. The third-order valence-electron chi connectivity index (χ3n) is 3.06. The lowest BCUT2D eigenvalue weighted by atomic mass is 10.2. The first kappa shape index (κ1) is 14.4. The lowest BCUT2D eigenvalue weighted by Gasteiger charge is -2.02. The molecular formula is C15H11N3O2S2. The molecule has 0 atom stereocenters. The summed E-state index contributed by atoms with van der Waals surface area (Å²) in [5.74, 6) is 0. The van der Waals surface area contributed by atoms with Crippen LogP contribution in [0.1, 0.15) is 5.56 Å². The first-order valence-corrected chi connectivity index (χ1v) is 7.65.